The number of nitrogens with one attached hydrogen (secondary N) is 1. The lowest BCUT2D eigenvalue weighted by molar-refractivity contribution is -0.139. The van der Waals surface area contributed by atoms with Crippen LogP contribution < -0.4 is 5.32 Å². The summed E-state index contributed by atoms with van der Waals surface area (Å²) in [6, 6.07) is 8.69. The van der Waals surface area contributed by atoms with E-state index in [1.807, 2.05) is 30.3 Å². The van der Waals surface area contributed by atoms with Gasteiger partial charge < -0.3 is 5.32 Å². The van der Waals surface area contributed by atoms with E-state index in [9.17, 15) is 18.0 Å². The summed E-state index contributed by atoms with van der Waals surface area (Å²) in [6.45, 7) is 0.606. The van der Waals surface area contributed by atoms with Crippen LogP contribution in [0.5, 0.6) is 0 Å². The summed E-state index contributed by atoms with van der Waals surface area (Å²) >= 11 is 0. The molecule has 1 aromatic rings. The highest BCUT2D eigenvalue weighted by molar-refractivity contribution is 7.92. The fourth-order valence-electron chi connectivity index (χ4n) is 4.62. The number of benzene rings is 1. The molecule has 0 aromatic heterocycles. The minimum absolute atomic E-state index is 0.0383. The number of amides is 3. The average Bonchev–Trinajstić information content (AvgIpc) is 2.73. The highest BCUT2D eigenvalue weighted by atomic mass is 32.2. The average molecular weight is 418 g/mol. The summed E-state index contributed by atoms with van der Waals surface area (Å²) in [4.78, 5) is 26.8. The Morgan fingerprint density at radius 2 is 1.66 bits per heavy atom. The molecule has 3 amide bonds. The second-order valence-corrected chi connectivity index (χ2v) is 9.86. The van der Waals surface area contributed by atoms with Crippen LogP contribution in [0.2, 0.25) is 0 Å². The Morgan fingerprint density at radius 1 is 0.966 bits per heavy atom. The minimum atomic E-state index is -3.53. The molecule has 2 unspecified atom stereocenters. The van der Waals surface area contributed by atoms with E-state index in [0.717, 1.165) is 31.2 Å². The number of carbonyl (C=O) groups excluding carboxylic acids is 2. The monoisotopic (exact) mass is 417 g/mol. The van der Waals surface area contributed by atoms with Crippen LogP contribution in [0.1, 0.15) is 44.1 Å². The highest BCUT2D eigenvalue weighted by Gasteiger charge is 2.45. The van der Waals surface area contributed by atoms with Crippen molar-refractivity contribution in [1.82, 2.24) is 14.5 Å². The predicted molar refractivity (Wildman–Crippen MR) is 110 cm³/mol. The second-order valence-electron chi connectivity index (χ2n) is 8.04. The molecule has 156 valence electrons. The molecular formula is C21H27N3O4S. The van der Waals surface area contributed by atoms with Gasteiger partial charge in [-0.25, -0.2) is 13.2 Å². The van der Waals surface area contributed by atoms with Gasteiger partial charge in [-0.2, -0.15) is 4.31 Å². The first-order valence-electron chi connectivity index (χ1n) is 10.3. The molecule has 2 heterocycles. The summed E-state index contributed by atoms with van der Waals surface area (Å²) in [7, 11) is -3.53. The summed E-state index contributed by atoms with van der Waals surface area (Å²) < 4.78 is 26.7. The Bertz CT molecular complexity index is 892. The Labute approximate surface area is 171 Å². The van der Waals surface area contributed by atoms with Crippen molar-refractivity contribution >= 4 is 28.0 Å². The first kappa shape index (κ1) is 20.1. The van der Waals surface area contributed by atoms with Crippen molar-refractivity contribution in [2.24, 2.45) is 5.92 Å². The third kappa shape index (κ3) is 4.23. The van der Waals surface area contributed by atoms with Crippen molar-refractivity contribution in [1.29, 1.82) is 0 Å². The molecule has 4 rings (SSSR count). The van der Waals surface area contributed by atoms with Crippen LogP contribution in [0.3, 0.4) is 0 Å². The van der Waals surface area contributed by atoms with Gasteiger partial charge in [-0.3, -0.25) is 9.69 Å². The van der Waals surface area contributed by atoms with Crippen molar-refractivity contribution < 1.29 is 18.0 Å². The van der Waals surface area contributed by atoms with Crippen LogP contribution in [0.25, 0.3) is 6.08 Å². The lowest BCUT2D eigenvalue weighted by atomic mass is 9.81. The van der Waals surface area contributed by atoms with E-state index in [0.29, 0.717) is 25.9 Å². The molecule has 29 heavy (non-hydrogen) atoms. The van der Waals surface area contributed by atoms with E-state index < -0.39 is 10.0 Å². The van der Waals surface area contributed by atoms with Gasteiger partial charge in [0.2, 0.25) is 15.9 Å². The van der Waals surface area contributed by atoms with Crippen LogP contribution in [0.4, 0.5) is 4.79 Å². The fourth-order valence-corrected chi connectivity index (χ4v) is 5.84. The number of rotatable bonds is 4. The van der Waals surface area contributed by atoms with E-state index in [4.69, 9.17) is 0 Å². The Morgan fingerprint density at radius 3 is 2.38 bits per heavy atom. The van der Waals surface area contributed by atoms with Crippen molar-refractivity contribution in [2.75, 3.05) is 13.1 Å². The number of fused-ring (bicyclic) bond motifs is 1. The van der Waals surface area contributed by atoms with E-state index in [1.54, 1.807) is 6.08 Å². The molecule has 3 aliphatic rings. The number of nitrogens with zero attached hydrogens (tertiary/aromatic N) is 2. The number of piperidine rings is 1. The molecule has 1 aliphatic carbocycles. The van der Waals surface area contributed by atoms with Gasteiger partial charge >= 0.3 is 6.03 Å². The van der Waals surface area contributed by atoms with Crippen molar-refractivity contribution in [3.63, 3.8) is 0 Å². The molecular weight excluding hydrogens is 390 g/mol. The van der Waals surface area contributed by atoms with Crippen LogP contribution in [-0.4, -0.2) is 54.7 Å². The van der Waals surface area contributed by atoms with E-state index in [1.165, 1.54) is 14.6 Å². The molecule has 0 spiro atoms. The third-order valence-corrected chi connectivity index (χ3v) is 7.79. The Hall–Kier alpha value is -2.19. The molecule has 7 nitrogen and oxygen atoms in total. The van der Waals surface area contributed by atoms with Crippen molar-refractivity contribution in [3.05, 3.63) is 41.3 Å². The number of sulfonamides is 1. The number of imide groups is 1. The zero-order valence-corrected chi connectivity index (χ0v) is 17.2. The maximum absolute atomic E-state index is 12.9. The SMILES string of the molecule is O=C1NC2CCCCC2C(=O)N1C1CCN(S(=O)(=O)/C=C/c2ccccc2)CC1. The summed E-state index contributed by atoms with van der Waals surface area (Å²) in [5.74, 6) is -0.208. The normalized spacial score (nSPS) is 27.1. The summed E-state index contributed by atoms with van der Waals surface area (Å²) in [6.07, 6.45) is 6.26. The lowest BCUT2D eigenvalue weighted by Gasteiger charge is -2.44. The van der Waals surface area contributed by atoms with Gasteiger partial charge in [0.25, 0.3) is 0 Å². The van der Waals surface area contributed by atoms with E-state index in [-0.39, 0.29) is 29.9 Å². The molecule has 2 saturated heterocycles. The summed E-state index contributed by atoms with van der Waals surface area (Å²) in [5.41, 5.74) is 0.823. The van der Waals surface area contributed by atoms with E-state index in [2.05, 4.69) is 5.32 Å². The van der Waals surface area contributed by atoms with Gasteiger partial charge in [0.1, 0.15) is 0 Å². The zero-order chi connectivity index (χ0) is 20.4. The third-order valence-electron chi connectivity index (χ3n) is 6.23. The van der Waals surface area contributed by atoms with Crippen molar-refractivity contribution in [2.45, 2.75) is 50.6 Å². The number of carbonyl (C=O) groups is 2. The second kappa shape index (κ2) is 8.28. The fraction of sp³-hybridized carbons (Fsp3) is 0.524. The number of hydrogen-bond acceptors (Lipinski definition) is 4. The van der Waals surface area contributed by atoms with Gasteiger partial charge in [-0.05, 0) is 37.3 Å². The van der Waals surface area contributed by atoms with Crippen LogP contribution in [0, 0.1) is 5.92 Å². The van der Waals surface area contributed by atoms with E-state index >= 15 is 0 Å². The predicted octanol–water partition coefficient (Wildman–Crippen LogP) is 2.56. The van der Waals surface area contributed by atoms with Crippen LogP contribution in [0.15, 0.2) is 35.7 Å². The zero-order valence-electron chi connectivity index (χ0n) is 16.4. The molecule has 2 atom stereocenters. The molecule has 2 aliphatic heterocycles. The molecule has 1 N–H and O–H groups in total. The topological polar surface area (TPSA) is 86.8 Å². The Balaban J connectivity index is 1.39. The quantitative estimate of drug-likeness (QED) is 0.816. The number of urea groups is 1. The first-order chi connectivity index (χ1) is 14.0. The molecule has 0 radical (unpaired) electrons. The summed E-state index contributed by atoms with van der Waals surface area (Å²) in [5, 5.41) is 4.23. The smallest absolute Gasteiger partial charge is 0.324 e. The molecule has 0 bridgehead atoms. The standard InChI is InChI=1S/C21H27N3O4S/c25-20-18-8-4-5-9-19(18)22-21(26)24(20)17-10-13-23(14-11-17)29(27,28)15-12-16-6-2-1-3-7-16/h1-3,6-7,12,15,17-19H,4-5,8-11,13-14H2,(H,22,26)/b15-12+. The first-order valence-corrected chi connectivity index (χ1v) is 11.8. The maximum atomic E-state index is 12.9. The molecule has 8 heteroatoms. The van der Waals surface area contributed by atoms with Crippen LogP contribution in [-0.2, 0) is 14.8 Å². The van der Waals surface area contributed by atoms with Crippen LogP contribution >= 0.6 is 0 Å². The maximum Gasteiger partial charge on any atom is 0.324 e. The highest BCUT2D eigenvalue weighted by Crippen LogP contribution is 2.32. The van der Waals surface area contributed by atoms with Gasteiger partial charge in [0.15, 0.2) is 0 Å². The molecule has 1 aromatic carbocycles. The van der Waals surface area contributed by atoms with Gasteiger partial charge in [-0.1, -0.05) is 43.2 Å². The van der Waals surface area contributed by atoms with Gasteiger partial charge in [-0.15, -0.1) is 0 Å². The lowest BCUT2D eigenvalue weighted by Crippen LogP contribution is -2.64. The molecule has 1 saturated carbocycles. The largest absolute Gasteiger partial charge is 0.334 e. The minimum Gasteiger partial charge on any atom is -0.334 e. The van der Waals surface area contributed by atoms with Gasteiger partial charge in [0, 0.05) is 30.6 Å². The van der Waals surface area contributed by atoms with Gasteiger partial charge in [0.05, 0.1) is 5.92 Å². The molecule has 3 fully saturated rings. The Kier molecular flexibility index (Phi) is 5.74. The number of hydrogen-bond donors (Lipinski definition) is 1. The van der Waals surface area contributed by atoms with Crippen molar-refractivity contribution in [3.8, 4) is 0 Å².